The quantitative estimate of drug-likeness (QED) is 0.530. The molecule has 0 aliphatic heterocycles. The highest BCUT2D eigenvalue weighted by Gasteiger charge is 2.30. The van der Waals surface area contributed by atoms with Crippen LogP contribution in [0.4, 0.5) is 18.9 Å². The molecule has 0 heterocycles. The molecule has 30 heavy (non-hydrogen) atoms. The normalized spacial score (nSPS) is 11.4. The Morgan fingerprint density at radius 1 is 1.17 bits per heavy atom. The Bertz CT molecular complexity index is 977. The van der Waals surface area contributed by atoms with E-state index in [0.717, 1.165) is 18.2 Å². The summed E-state index contributed by atoms with van der Waals surface area (Å²) in [5.41, 5.74) is -0.782. The molecule has 2 amide bonds. The summed E-state index contributed by atoms with van der Waals surface area (Å²) in [4.78, 5) is 23.6. The number of hydrogen-bond acceptors (Lipinski definition) is 4. The van der Waals surface area contributed by atoms with Gasteiger partial charge in [-0.1, -0.05) is 18.2 Å². The first kappa shape index (κ1) is 22.5. The molecule has 9 heteroatoms. The van der Waals surface area contributed by atoms with Crippen LogP contribution in [0.25, 0.3) is 6.08 Å². The van der Waals surface area contributed by atoms with Crippen molar-refractivity contribution in [2.45, 2.75) is 13.1 Å². The molecule has 0 fully saturated rings. The molecule has 0 radical (unpaired) electrons. The number of likely N-dealkylation sites (N-methyl/N-ethyl adjacent to an activating group) is 1. The third-order valence-corrected chi connectivity index (χ3v) is 3.75. The van der Waals surface area contributed by atoms with Crippen molar-refractivity contribution in [2.24, 2.45) is 0 Å². The van der Waals surface area contributed by atoms with Crippen molar-refractivity contribution in [3.63, 3.8) is 0 Å². The van der Waals surface area contributed by atoms with Crippen molar-refractivity contribution in [2.75, 3.05) is 18.5 Å². The van der Waals surface area contributed by atoms with E-state index in [9.17, 15) is 28.0 Å². The molecule has 2 aromatic rings. The summed E-state index contributed by atoms with van der Waals surface area (Å²) in [5.74, 6) is -0.682. The van der Waals surface area contributed by atoms with E-state index in [4.69, 9.17) is 4.74 Å². The number of nitriles is 1. The Hall–Kier alpha value is -3.80. The molecule has 0 saturated heterocycles. The third kappa shape index (κ3) is 6.67. The van der Waals surface area contributed by atoms with Gasteiger partial charge in [0.05, 0.1) is 5.56 Å². The Morgan fingerprint density at radius 3 is 2.47 bits per heavy atom. The van der Waals surface area contributed by atoms with E-state index in [0.29, 0.717) is 17.9 Å². The molecule has 0 aliphatic rings. The van der Waals surface area contributed by atoms with E-state index < -0.39 is 17.6 Å². The second-order valence-electron chi connectivity index (χ2n) is 6.01. The second-order valence-corrected chi connectivity index (χ2v) is 6.01. The van der Waals surface area contributed by atoms with E-state index in [1.807, 2.05) is 0 Å². The fraction of sp³-hybridized carbons (Fsp3) is 0.190. The van der Waals surface area contributed by atoms with Crippen LogP contribution >= 0.6 is 0 Å². The van der Waals surface area contributed by atoms with Gasteiger partial charge in [0.15, 0.2) is 6.61 Å². The lowest BCUT2D eigenvalue weighted by atomic mass is 10.1. The van der Waals surface area contributed by atoms with Crippen molar-refractivity contribution >= 4 is 23.6 Å². The number of anilines is 1. The topological polar surface area (TPSA) is 91.2 Å². The van der Waals surface area contributed by atoms with Crippen molar-refractivity contribution in [3.8, 4) is 11.8 Å². The number of amides is 2. The minimum atomic E-state index is -4.55. The van der Waals surface area contributed by atoms with E-state index in [1.165, 1.54) is 12.1 Å². The van der Waals surface area contributed by atoms with Gasteiger partial charge in [0.2, 0.25) is 0 Å². The van der Waals surface area contributed by atoms with Crippen LogP contribution in [0.2, 0.25) is 0 Å². The van der Waals surface area contributed by atoms with Gasteiger partial charge in [0.25, 0.3) is 11.8 Å². The lowest BCUT2D eigenvalue weighted by Crippen LogP contribution is -2.28. The standard InChI is InChI=1S/C21H18F3N3O3/c1-2-26-19(28)13-30-18-8-6-14(7-9-18)10-15(12-25)20(29)27-17-5-3-4-16(11-17)21(22,23)24/h3-11H,2,13H2,1H3,(H,26,28)(H,27,29)/b15-10-. The van der Waals surface area contributed by atoms with Crippen molar-refractivity contribution in [1.29, 1.82) is 5.26 Å². The summed E-state index contributed by atoms with van der Waals surface area (Å²) >= 11 is 0. The van der Waals surface area contributed by atoms with Crippen LogP contribution in [-0.2, 0) is 15.8 Å². The number of carbonyl (C=O) groups is 2. The highest BCUT2D eigenvalue weighted by molar-refractivity contribution is 6.09. The zero-order chi connectivity index (χ0) is 22.1. The van der Waals surface area contributed by atoms with Crippen LogP contribution in [0.15, 0.2) is 54.1 Å². The average molecular weight is 417 g/mol. The molecule has 0 saturated carbocycles. The van der Waals surface area contributed by atoms with Crippen LogP contribution in [0, 0.1) is 11.3 Å². The SMILES string of the molecule is CCNC(=O)COc1ccc(/C=C(/C#N)C(=O)Nc2cccc(C(F)(F)F)c2)cc1. The van der Waals surface area contributed by atoms with Gasteiger partial charge in [0, 0.05) is 12.2 Å². The Labute approximate surface area is 171 Å². The van der Waals surface area contributed by atoms with Gasteiger partial charge in [-0.25, -0.2) is 0 Å². The number of nitrogens with zero attached hydrogens (tertiary/aromatic N) is 1. The highest BCUT2D eigenvalue weighted by Crippen LogP contribution is 2.30. The Morgan fingerprint density at radius 2 is 1.87 bits per heavy atom. The van der Waals surface area contributed by atoms with Gasteiger partial charge in [0.1, 0.15) is 17.4 Å². The van der Waals surface area contributed by atoms with E-state index in [-0.39, 0.29) is 23.8 Å². The summed E-state index contributed by atoms with van der Waals surface area (Å²) in [5, 5.41) is 14.1. The molecule has 0 bridgehead atoms. The molecule has 0 unspecified atom stereocenters. The molecular formula is C21H18F3N3O3. The fourth-order valence-corrected chi connectivity index (χ4v) is 2.34. The van der Waals surface area contributed by atoms with Gasteiger partial charge in [-0.05, 0) is 48.9 Å². The monoisotopic (exact) mass is 417 g/mol. The molecular weight excluding hydrogens is 399 g/mol. The first-order valence-electron chi connectivity index (χ1n) is 8.83. The Kier molecular flexibility index (Phi) is 7.58. The largest absolute Gasteiger partial charge is 0.484 e. The average Bonchev–Trinajstić information content (AvgIpc) is 2.71. The number of ether oxygens (including phenoxy) is 1. The van der Waals surface area contributed by atoms with Crippen LogP contribution in [-0.4, -0.2) is 25.0 Å². The lowest BCUT2D eigenvalue weighted by Gasteiger charge is -2.09. The first-order valence-corrected chi connectivity index (χ1v) is 8.83. The summed E-state index contributed by atoms with van der Waals surface area (Å²) in [6, 6.07) is 12.1. The van der Waals surface area contributed by atoms with E-state index in [1.54, 1.807) is 37.3 Å². The van der Waals surface area contributed by atoms with Gasteiger partial charge in [-0.3, -0.25) is 9.59 Å². The number of nitrogens with one attached hydrogen (secondary N) is 2. The zero-order valence-corrected chi connectivity index (χ0v) is 15.9. The van der Waals surface area contributed by atoms with Gasteiger partial charge < -0.3 is 15.4 Å². The molecule has 2 N–H and O–H groups in total. The molecule has 2 aromatic carbocycles. The maximum absolute atomic E-state index is 12.8. The maximum atomic E-state index is 12.8. The smallest absolute Gasteiger partial charge is 0.416 e. The van der Waals surface area contributed by atoms with Gasteiger partial charge >= 0.3 is 6.18 Å². The lowest BCUT2D eigenvalue weighted by molar-refractivity contribution is -0.137. The predicted molar refractivity (Wildman–Crippen MR) is 104 cm³/mol. The minimum absolute atomic E-state index is 0.0786. The maximum Gasteiger partial charge on any atom is 0.416 e. The molecule has 6 nitrogen and oxygen atoms in total. The van der Waals surface area contributed by atoms with Crippen LogP contribution in [0.3, 0.4) is 0 Å². The van der Waals surface area contributed by atoms with Crippen LogP contribution in [0.5, 0.6) is 5.75 Å². The molecule has 0 spiro atoms. The number of hydrogen-bond donors (Lipinski definition) is 2. The van der Waals surface area contributed by atoms with E-state index in [2.05, 4.69) is 10.6 Å². The number of halogens is 3. The van der Waals surface area contributed by atoms with Gasteiger partial charge in [-0.2, -0.15) is 18.4 Å². The second kappa shape index (κ2) is 10.1. The summed E-state index contributed by atoms with van der Waals surface area (Å²) < 4.78 is 43.6. The molecule has 156 valence electrons. The predicted octanol–water partition coefficient (Wildman–Crippen LogP) is 3.77. The molecule has 0 atom stereocenters. The number of alkyl halides is 3. The number of benzene rings is 2. The summed E-state index contributed by atoms with van der Waals surface area (Å²) in [7, 11) is 0. The molecule has 2 rings (SSSR count). The van der Waals surface area contributed by atoms with Crippen molar-refractivity contribution in [3.05, 3.63) is 65.2 Å². The van der Waals surface area contributed by atoms with Crippen LogP contribution < -0.4 is 15.4 Å². The number of rotatable bonds is 7. The zero-order valence-electron chi connectivity index (χ0n) is 15.9. The number of carbonyl (C=O) groups excluding carboxylic acids is 2. The first-order chi connectivity index (χ1) is 14.2. The van der Waals surface area contributed by atoms with E-state index >= 15 is 0 Å². The Balaban J connectivity index is 2.07. The van der Waals surface area contributed by atoms with Crippen molar-refractivity contribution < 1.29 is 27.5 Å². The highest BCUT2D eigenvalue weighted by atomic mass is 19.4. The fourth-order valence-electron chi connectivity index (χ4n) is 2.34. The van der Waals surface area contributed by atoms with Crippen molar-refractivity contribution in [1.82, 2.24) is 5.32 Å². The van der Waals surface area contributed by atoms with Crippen LogP contribution in [0.1, 0.15) is 18.1 Å². The third-order valence-electron chi connectivity index (χ3n) is 3.75. The summed E-state index contributed by atoms with van der Waals surface area (Å²) in [6.07, 6.45) is -3.26. The minimum Gasteiger partial charge on any atom is -0.484 e. The molecule has 0 aliphatic carbocycles. The van der Waals surface area contributed by atoms with Gasteiger partial charge in [-0.15, -0.1) is 0 Å². The summed E-state index contributed by atoms with van der Waals surface area (Å²) in [6.45, 7) is 2.13. The molecule has 0 aromatic heterocycles.